The van der Waals surface area contributed by atoms with Crippen LogP contribution < -0.4 is 5.73 Å². The molecule has 1 spiro atoms. The Kier molecular flexibility index (Phi) is 9.94. The lowest BCUT2D eigenvalue weighted by atomic mass is 9.66. The Morgan fingerprint density at radius 3 is 2.00 bits per heavy atom. The van der Waals surface area contributed by atoms with Crippen LogP contribution in [0.25, 0.3) is 0 Å². The first-order valence-electron chi connectivity index (χ1n) is 11.3. The van der Waals surface area contributed by atoms with Crippen LogP contribution in [0.15, 0.2) is 0 Å². The minimum absolute atomic E-state index is 0.0279. The molecule has 2 N–H and O–H groups in total. The fraction of sp³-hybridized carbons (Fsp3) is 1.00. The standard InChI is InChI=1S/C22H45NO7Si/c1-20(2,3)31(6,7)30-19-8-9-22(28-10-11-29-22)12-18(19)21(13-23,14-26-16-24-4)15-27-17-25-5/h18-19H,8-17,23H2,1-7H3/t18-,19+/m1/s1. The first-order chi connectivity index (χ1) is 14.5. The molecule has 1 heterocycles. The molecule has 2 aliphatic rings. The number of hydrogen-bond acceptors (Lipinski definition) is 8. The lowest BCUT2D eigenvalue weighted by Gasteiger charge is -2.52. The van der Waals surface area contributed by atoms with E-state index in [4.69, 9.17) is 38.6 Å². The molecule has 0 unspecified atom stereocenters. The van der Waals surface area contributed by atoms with E-state index in [1.807, 2.05) is 0 Å². The third-order valence-electron chi connectivity index (χ3n) is 7.23. The summed E-state index contributed by atoms with van der Waals surface area (Å²) in [6, 6.07) is 0. The number of methoxy groups -OCH3 is 2. The molecule has 0 aromatic carbocycles. The van der Waals surface area contributed by atoms with Crippen LogP contribution in [-0.4, -0.2) is 81.0 Å². The molecule has 184 valence electrons. The van der Waals surface area contributed by atoms with Crippen molar-refractivity contribution in [3.63, 3.8) is 0 Å². The van der Waals surface area contributed by atoms with Gasteiger partial charge in [0.25, 0.3) is 0 Å². The highest BCUT2D eigenvalue weighted by Crippen LogP contribution is 2.49. The monoisotopic (exact) mass is 463 g/mol. The molecule has 0 bridgehead atoms. The van der Waals surface area contributed by atoms with Gasteiger partial charge in [-0.15, -0.1) is 0 Å². The van der Waals surface area contributed by atoms with Gasteiger partial charge in [-0.2, -0.15) is 0 Å². The molecule has 0 amide bonds. The van der Waals surface area contributed by atoms with Gasteiger partial charge in [0.05, 0.1) is 26.4 Å². The van der Waals surface area contributed by atoms with Crippen molar-refractivity contribution in [1.29, 1.82) is 0 Å². The highest BCUT2D eigenvalue weighted by Gasteiger charge is 2.54. The maximum absolute atomic E-state index is 6.98. The zero-order valence-electron chi connectivity index (χ0n) is 20.7. The van der Waals surface area contributed by atoms with E-state index in [-0.39, 0.29) is 30.6 Å². The molecule has 8 nitrogen and oxygen atoms in total. The Morgan fingerprint density at radius 1 is 1.00 bits per heavy atom. The molecule has 9 heteroatoms. The van der Waals surface area contributed by atoms with Gasteiger partial charge in [-0.3, -0.25) is 0 Å². The zero-order valence-corrected chi connectivity index (χ0v) is 21.7. The second-order valence-corrected chi connectivity index (χ2v) is 15.2. The fourth-order valence-electron chi connectivity index (χ4n) is 4.38. The molecule has 31 heavy (non-hydrogen) atoms. The largest absolute Gasteiger partial charge is 0.414 e. The molecule has 2 rings (SSSR count). The first-order valence-corrected chi connectivity index (χ1v) is 14.2. The Bertz CT molecular complexity index is 524. The smallest absolute Gasteiger partial charge is 0.192 e. The average molecular weight is 464 g/mol. The van der Waals surface area contributed by atoms with Crippen LogP contribution in [0, 0.1) is 11.3 Å². The fourth-order valence-corrected chi connectivity index (χ4v) is 5.77. The SMILES string of the molecule is COCOCC(CN)(COCOC)[C@@H]1CC2(CC[C@@H]1O[Si](C)(C)C(C)(C)C)OCCO2. The van der Waals surface area contributed by atoms with E-state index in [2.05, 4.69) is 33.9 Å². The minimum Gasteiger partial charge on any atom is -0.414 e. The van der Waals surface area contributed by atoms with E-state index < -0.39 is 19.5 Å². The van der Waals surface area contributed by atoms with Crippen LogP contribution in [0.4, 0.5) is 0 Å². The van der Waals surface area contributed by atoms with Crippen molar-refractivity contribution in [1.82, 2.24) is 0 Å². The molecular weight excluding hydrogens is 418 g/mol. The Morgan fingerprint density at radius 2 is 1.55 bits per heavy atom. The average Bonchev–Trinajstić information content (AvgIpc) is 3.16. The summed E-state index contributed by atoms with van der Waals surface area (Å²) < 4.78 is 41.2. The highest BCUT2D eigenvalue weighted by molar-refractivity contribution is 6.74. The summed E-state index contributed by atoms with van der Waals surface area (Å²) in [5, 5.41) is 0.109. The van der Waals surface area contributed by atoms with Crippen molar-refractivity contribution in [2.45, 2.75) is 70.1 Å². The van der Waals surface area contributed by atoms with Gasteiger partial charge in [-0.25, -0.2) is 0 Å². The Labute approximate surface area is 189 Å². The Balaban J connectivity index is 2.36. The van der Waals surface area contributed by atoms with Crippen molar-refractivity contribution in [2.24, 2.45) is 17.1 Å². The van der Waals surface area contributed by atoms with Crippen molar-refractivity contribution in [3.8, 4) is 0 Å². The third-order valence-corrected chi connectivity index (χ3v) is 11.7. The molecule has 1 aliphatic carbocycles. The van der Waals surface area contributed by atoms with Crippen molar-refractivity contribution >= 4 is 8.32 Å². The second-order valence-electron chi connectivity index (χ2n) is 10.4. The Hall–Kier alpha value is -0.103. The van der Waals surface area contributed by atoms with Crippen LogP contribution in [0.3, 0.4) is 0 Å². The van der Waals surface area contributed by atoms with Crippen molar-refractivity contribution in [3.05, 3.63) is 0 Å². The van der Waals surface area contributed by atoms with Gasteiger partial charge in [0, 0.05) is 51.0 Å². The number of ether oxygens (including phenoxy) is 6. The summed E-state index contributed by atoms with van der Waals surface area (Å²) in [6.45, 7) is 14.2. The van der Waals surface area contributed by atoms with Crippen molar-refractivity contribution < 1.29 is 32.8 Å². The van der Waals surface area contributed by atoms with E-state index >= 15 is 0 Å². The molecule has 1 saturated heterocycles. The van der Waals surface area contributed by atoms with Crippen LogP contribution in [0.2, 0.25) is 18.1 Å². The van der Waals surface area contributed by atoms with E-state index in [1.54, 1.807) is 14.2 Å². The third kappa shape index (κ3) is 6.71. The van der Waals surface area contributed by atoms with Gasteiger partial charge in [0.15, 0.2) is 14.1 Å². The van der Waals surface area contributed by atoms with Gasteiger partial charge in [-0.1, -0.05) is 20.8 Å². The van der Waals surface area contributed by atoms with E-state index in [0.717, 1.165) is 12.8 Å². The van der Waals surface area contributed by atoms with E-state index in [1.165, 1.54) is 0 Å². The first kappa shape index (κ1) is 27.1. The van der Waals surface area contributed by atoms with Crippen LogP contribution in [0.1, 0.15) is 40.0 Å². The highest BCUT2D eigenvalue weighted by atomic mass is 28.4. The van der Waals surface area contributed by atoms with Crippen LogP contribution in [-0.2, 0) is 32.8 Å². The van der Waals surface area contributed by atoms with Gasteiger partial charge >= 0.3 is 0 Å². The summed E-state index contributed by atoms with van der Waals surface area (Å²) in [5.74, 6) is -0.520. The van der Waals surface area contributed by atoms with Crippen LogP contribution in [0.5, 0.6) is 0 Å². The predicted octanol–water partition coefficient (Wildman–Crippen LogP) is 3.11. The van der Waals surface area contributed by atoms with Crippen LogP contribution >= 0.6 is 0 Å². The lowest BCUT2D eigenvalue weighted by Crippen LogP contribution is -2.58. The normalized spacial score (nSPS) is 24.8. The van der Waals surface area contributed by atoms with Gasteiger partial charge in [0.2, 0.25) is 0 Å². The molecule has 0 radical (unpaired) electrons. The molecular formula is C22H45NO7Si. The summed E-state index contributed by atoms with van der Waals surface area (Å²) >= 11 is 0. The molecule has 1 saturated carbocycles. The van der Waals surface area contributed by atoms with Gasteiger partial charge < -0.3 is 38.6 Å². The molecule has 0 aromatic rings. The number of hydrogen-bond donors (Lipinski definition) is 1. The number of nitrogens with two attached hydrogens (primary N) is 1. The second kappa shape index (κ2) is 11.4. The summed E-state index contributed by atoms with van der Waals surface area (Å²) in [4.78, 5) is 0. The van der Waals surface area contributed by atoms with Crippen molar-refractivity contribution in [2.75, 3.05) is 60.8 Å². The molecule has 1 aliphatic heterocycles. The quantitative estimate of drug-likeness (QED) is 0.268. The van der Waals surface area contributed by atoms with Gasteiger partial charge in [0.1, 0.15) is 13.6 Å². The summed E-state index contributed by atoms with van der Waals surface area (Å²) in [7, 11) is 1.23. The van der Waals surface area contributed by atoms with Gasteiger partial charge in [-0.05, 0) is 24.6 Å². The number of rotatable bonds is 12. The summed E-state index contributed by atoms with van der Waals surface area (Å²) in [6.07, 6.45) is 2.41. The maximum atomic E-state index is 6.98. The molecule has 2 fully saturated rings. The van der Waals surface area contributed by atoms with E-state index in [0.29, 0.717) is 39.4 Å². The predicted molar refractivity (Wildman–Crippen MR) is 121 cm³/mol. The summed E-state index contributed by atoms with van der Waals surface area (Å²) in [5.41, 5.74) is 5.96. The molecule has 0 aromatic heterocycles. The molecule has 2 atom stereocenters. The topological polar surface area (TPSA) is 90.6 Å². The minimum atomic E-state index is -2.01. The van der Waals surface area contributed by atoms with E-state index in [9.17, 15) is 0 Å². The lowest BCUT2D eigenvalue weighted by molar-refractivity contribution is -0.226. The maximum Gasteiger partial charge on any atom is 0.192 e. The zero-order chi connectivity index (χ0) is 23.2.